The maximum absolute atomic E-state index is 13.7. The minimum atomic E-state index is -5.19. The van der Waals surface area contributed by atoms with Gasteiger partial charge in [-0.25, -0.2) is 4.79 Å². The second kappa shape index (κ2) is 13.9. The highest BCUT2D eigenvalue weighted by Crippen LogP contribution is 2.38. The highest BCUT2D eigenvalue weighted by Gasteiger charge is 2.50. The van der Waals surface area contributed by atoms with Gasteiger partial charge in [-0.3, -0.25) is 4.79 Å². The van der Waals surface area contributed by atoms with Gasteiger partial charge in [-0.05, 0) is 35.4 Å². The topological polar surface area (TPSA) is 140 Å². The highest BCUT2D eigenvalue weighted by atomic mass is 19.4. The molecule has 3 saturated heterocycles. The number of rotatable bonds is 8. The minimum absolute atomic E-state index is 0.168. The largest absolute Gasteiger partial charge is 0.542 e. The number of aliphatic carboxylic acids is 1. The quantitative estimate of drug-likeness (QED) is 0.291. The van der Waals surface area contributed by atoms with Crippen LogP contribution in [0.25, 0.3) is 0 Å². The van der Waals surface area contributed by atoms with Gasteiger partial charge in [-0.2, -0.15) is 18.4 Å². The molecule has 0 saturated carbocycles. The number of benzene rings is 3. The van der Waals surface area contributed by atoms with Crippen LogP contribution in [0.5, 0.6) is 0 Å². The Balaban J connectivity index is 0.000000591. The lowest BCUT2D eigenvalue weighted by atomic mass is 9.82. The van der Waals surface area contributed by atoms with Crippen molar-refractivity contribution in [1.29, 1.82) is 5.26 Å². The van der Waals surface area contributed by atoms with E-state index in [4.69, 9.17) is 19.9 Å². The van der Waals surface area contributed by atoms with E-state index in [1.165, 1.54) is 0 Å². The lowest BCUT2D eigenvalue weighted by Gasteiger charge is -2.52. The van der Waals surface area contributed by atoms with Crippen LogP contribution in [-0.4, -0.2) is 72.4 Å². The molecule has 2 bridgehead atoms. The number of hydrogen-bond acceptors (Lipinski definition) is 7. The Morgan fingerprint density at radius 3 is 1.91 bits per heavy atom. The third kappa shape index (κ3) is 7.87. The van der Waals surface area contributed by atoms with E-state index in [-0.39, 0.29) is 17.9 Å². The molecule has 236 valence electrons. The predicted octanol–water partition coefficient (Wildman–Crippen LogP) is 2.67. The molecular weight excluding hydrogens is 591 g/mol. The van der Waals surface area contributed by atoms with E-state index in [0.29, 0.717) is 35.3 Å². The van der Waals surface area contributed by atoms with Crippen LogP contribution < -0.4 is 10.4 Å². The number of halogens is 3. The smallest absolute Gasteiger partial charge is 0.430 e. The Bertz CT molecular complexity index is 1480. The van der Waals surface area contributed by atoms with Crippen LogP contribution in [0, 0.1) is 17.2 Å². The number of fused-ring (bicyclic) bond motifs is 3. The summed E-state index contributed by atoms with van der Waals surface area (Å²) < 4.78 is 38.4. The first-order valence-electron chi connectivity index (χ1n) is 14.3. The number of aliphatic hydroxyl groups is 1. The molecule has 1 atom stereocenters. The van der Waals surface area contributed by atoms with Crippen LogP contribution in [0.3, 0.4) is 0 Å². The monoisotopic (exact) mass is 623 g/mol. The molecular formula is C33H32F3N3O6. The number of amides is 1. The number of quaternary nitrogens is 1. The SMILES string of the molecule is N#Cc1ccc(C(=O)NCC[N+]23CCC(CC2)[C@@H](OC(=O)C(O)(c2ccccc2)c2ccccc2)C3)cc1.O=C([O-])C(F)(F)F. The van der Waals surface area contributed by atoms with Gasteiger partial charge < -0.3 is 29.5 Å². The summed E-state index contributed by atoms with van der Waals surface area (Å²) in [5.74, 6) is -3.56. The zero-order valence-electron chi connectivity index (χ0n) is 24.2. The number of carboxylic acid groups (broad SMARTS) is 1. The van der Waals surface area contributed by atoms with Gasteiger partial charge in [0, 0.05) is 24.3 Å². The summed E-state index contributed by atoms with van der Waals surface area (Å²) in [7, 11) is 0. The molecule has 2 N–H and O–H groups in total. The molecule has 0 radical (unpaired) electrons. The van der Waals surface area contributed by atoms with Crippen molar-refractivity contribution < 1.29 is 47.0 Å². The lowest BCUT2D eigenvalue weighted by molar-refractivity contribution is -0.945. The molecule has 0 unspecified atom stereocenters. The first-order valence-corrected chi connectivity index (χ1v) is 14.3. The third-order valence-electron chi connectivity index (χ3n) is 8.36. The summed E-state index contributed by atoms with van der Waals surface area (Å²) >= 11 is 0. The average Bonchev–Trinajstić information content (AvgIpc) is 3.05. The molecule has 0 aliphatic carbocycles. The first kappa shape index (κ1) is 33.2. The number of alkyl halides is 3. The second-order valence-electron chi connectivity index (χ2n) is 11.1. The Morgan fingerprint density at radius 1 is 0.933 bits per heavy atom. The number of carbonyl (C=O) groups is 3. The molecule has 3 fully saturated rings. The average molecular weight is 624 g/mol. The summed E-state index contributed by atoms with van der Waals surface area (Å²) in [6.45, 7) is 3.87. The van der Waals surface area contributed by atoms with E-state index in [1.807, 2.05) is 12.1 Å². The Hall–Kier alpha value is -4.73. The fourth-order valence-electron chi connectivity index (χ4n) is 5.86. The van der Waals surface area contributed by atoms with Crippen molar-refractivity contribution in [3.8, 4) is 6.07 Å². The minimum Gasteiger partial charge on any atom is -0.542 e. The third-order valence-corrected chi connectivity index (χ3v) is 8.36. The van der Waals surface area contributed by atoms with Crippen LogP contribution in [0.2, 0.25) is 0 Å². The predicted molar refractivity (Wildman–Crippen MR) is 153 cm³/mol. The molecule has 3 aromatic rings. The van der Waals surface area contributed by atoms with Crippen molar-refractivity contribution in [2.24, 2.45) is 5.92 Å². The van der Waals surface area contributed by atoms with Crippen LogP contribution in [0.1, 0.15) is 39.9 Å². The van der Waals surface area contributed by atoms with Crippen molar-refractivity contribution in [2.75, 3.05) is 32.7 Å². The molecule has 0 spiro atoms. The van der Waals surface area contributed by atoms with Gasteiger partial charge in [0.15, 0.2) is 6.10 Å². The van der Waals surface area contributed by atoms with E-state index in [9.17, 15) is 27.9 Å². The fraction of sp³-hybridized carbons (Fsp3) is 0.333. The van der Waals surface area contributed by atoms with Gasteiger partial charge in [0.1, 0.15) is 12.5 Å². The van der Waals surface area contributed by atoms with E-state index in [2.05, 4.69) is 11.4 Å². The highest BCUT2D eigenvalue weighted by molar-refractivity contribution is 5.94. The van der Waals surface area contributed by atoms with Gasteiger partial charge in [-0.1, -0.05) is 60.7 Å². The summed E-state index contributed by atoms with van der Waals surface area (Å²) in [6.07, 6.45) is -3.61. The number of esters is 1. The van der Waals surface area contributed by atoms with Crippen LogP contribution in [-0.2, 0) is 19.9 Å². The van der Waals surface area contributed by atoms with Gasteiger partial charge >= 0.3 is 12.1 Å². The summed E-state index contributed by atoms with van der Waals surface area (Å²) in [6, 6.07) is 26.5. The van der Waals surface area contributed by atoms with Crippen molar-refractivity contribution in [1.82, 2.24) is 5.32 Å². The number of nitrogens with one attached hydrogen (secondary N) is 1. The number of nitrogens with zero attached hydrogens (tertiary/aromatic N) is 2. The van der Waals surface area contributed by atoms with Gasteiger partial charge in [0.05, 0.1) is 37.8 Å². The van der Waals surface area contributed by atoms with E-state index < -0.39 is 23.7 Å². The molecule has 6 rings (SSSR count). The normalized spacial score (nSPS) is 20.6. The van der Waals surface area contributed by atoms with Crippen molar-refractivity contribution in [3.05, 3.63) is 107 Å². The number of ether oxygens (including phenoxy) is 1. The van der Waals surface area contributed by atoms with Gasteiger partial charge in [0.2, 0.25) is 5.60 Å². The second-order valence-corrected chi connectivity index (χ2v) is 11.1. The van der Waals surface area contributed by atoms with Crippen LogP contribution in [0.4, 0.5) is 13.2 Å². The molecule has 12 heteroatoms. The fourth-order valence-corrected chi connectivity index (χ4v) is 5.86. The zero-order chi connectivity index (χ0) is 32.7. The van der Waals surface area contributed by atoms with Crippen molar-refractivity contribution in [3.63, 3.8) is 0 Å². The molecule has 1 amide bonds. The molecule has 3 aliphatic rings. The number of piperidine rings is 3. The number of carbonyl (C=O) groups excluding carboxylic acids is 3. The maximum Gasteiger partial charge on any atom is 0.430 e. The molecule has 3 heterocycles. The van der Waals surface area contributed by atoms with E-state index in [1.54, 1.807) is 72.8 Å². The molecule has 3 aromatic carbocycles. The Morgan fingerprint density at radius 2 is 1.44 bits per heavy atom. The number of hydrogen-bond donors (Lipinski definition) is 2. The molecule has 45 heavy (non-hydrogen) atoms. The van der Waals surface area contributed by atoms with Gasteiger partial charge in [0.25, 0.3) is 5.91 Å². The molecule has 3 aliphatic heterocycles. The Kier molecular flexibility index (Phi) is 10.3. The maximum atomic E-state index is 13.7. The lowest BCUT2D eigenvalue weighted by Crippen LogP contribution is -2.66. The summed E-state index contributed by atoms with van der Waals surface area (Å²) in [4.78, 5) is 35.0. The van der Waals surface area contributed by atoms with Crippen LogP contribution in [0.15, 0.2) is 84.9 Å². The number of nitriles is 1. The van der Waals surface area contributed by atoms with Crippen molar-refractivity contribution >= 4 is 17.8 Å². The summed E-state index contributed by atoms with van der Waals surface area (Å²) in [5.41, 5.74) is 0.102. The molecule has 9 nitrogen and oxygen atoms in total. The molecule has 0 aromatic heterocycles. The summed E-state index contributed by atoms with van der Waals surface area (Å²) in [5, 5.41) is 32.5. The van der Waals surface area contributed by atoms with Gasteiger partial charge in [-0.15, -0.1) is 0 Å². The van der Waals surface area contributed by atoms with Crippen LogP contribution >= 0.6 is 0 Å². The first-order chi connectivity index (χ1) is 21.4. The zero-order valence-corrected chi connectivity index (χ0v) is 24.2. The van der Waals surface area contributed by atoms with E-state index >= 15 is 0 Å². The van der Waals surface area contributed by atoms with E-state index in [0.717, 1.165) is 37.0 Å². The Labute approximate surface area is 258 Å². The van der Waals surface area contributed by atoms with Crippen molar-refractivity contribution in [2.45, 2.75) is 30.7 Å². The number of carboxylic acids is 1. The standard InChI is InChI=1S/C31H31N3O4.C2HF3O2/c32-21-23-11-13-25(14-12-23)29(35)33-17-20-34-18-15-24(16-19-34)28(22-34)38-30(36)31(37,26-7-3-1-4-8-26)27-9-5-2-6-10-27;3-2(4,5)1(6)7/h1-14,24,28,37H,15-20,22H2;(H,6,7)/t24?,28-,34?;/m0./s1.